The van der Waals surface area contributed by atoms with Crippen molar-refractivity contribution in [2.75, 3.05) is 0 Å². The first-order valence-electron chi connectivity index (χ1n) is 7.47. The van der Waals surface area contributed by atoms with Crippen molar-refractivity contribution in [3.63, 3.8) is 0 Å². The predicted octanol–water partition coefficient (Wildman–Crippen LogP) is 4.05. The Morgan fingerprint density at radius 3 is 2.79 bits per heavy atom. The molecule has 5 nitrogen and oxygen atoms in total. The molecule has 1 aromatic heterocycles. The lowest BCUT2D eigenvalue weighted by Crippen LogP contribution is -2.23. The lowest BCUT2D eigenvalue weighted by atomic mass is 10.1. The van der Waals surface area contributed by atoms with Gasteiger partial charge < -0.3 is 9.84 Å². The van der Waals surface area contributed by atoms with E-state index in [4.69, 9.17) is 4.52 Å². The number of rotatable bonds is 4. The predicted molar refractivity (Wildman–Crippen MR) is 94.5 cm³/mol. The van der Waals surface area contributed by atoms with Gasteiger partial charge in [-0.1, -0.05) is 50.9 Å². The number of aromatic nitrogens is 2. The third kappa shape index (κ3) is 3.71. The van der Waals surface area contributed by atoms with Crippen LogP contribution in [0.5, 0.6) is 0 Å². The van der Waals surface area contributed by atoms with Gasteiger partial charge in [-0.3, -0.25) is 4.79 Å². The topological polar surface area (TPSA) is 68.0 Å². The molecule has 0 atom stereocenters. The van der Waals surface area contributed by atoms with E-state index in [1.807, 2.05) is 56.3 Å². The molecule has 1 heterocycles. The van der Waals surface area contributed by atoms with Gasteiger partial charge in [0.15, 0.2) is 0 Å². The Morgan fingerprint density at radius 1 is 1.21 bits per heavy atom. The standard InChI is InChI=1S/C18H16BrN3O2/c1-11-6-7-15(12(2)8-11)18(23)20-10-16-21-17(22-24-16)13-4-3-5-14(19)9-13/h3-9H,10H2,1-2H3,(H,20,23). The average Bonchev–Trinajstić information content (AvgIpc) is 3.01. The molecule has 3 rings (SSSR count). The van der Waals surface area contributed by atoms with Crippen molar-refractivity contribution in [2.24, 2.45) is 0 Å². The average molecular weight is 386 g/mol. The number of hydrogen-bond acceptors (Lipinski definition) is 4. The number of benzene rings is 2. The van der Waals surface area contributed by atoms with E-state index < -0.39 is 0 Å². The van der Waals surface area contributed by atoms with Gasteiger partial charge in [-0.15, -0.1) is 0 Å². The number of aryl methyl sites for hydroxylation is 2. The van der Waals surface area contributed by atoms with Gasteiger partial charge in [-0.2, -0.15) is 4.98 Å². The van der Waals surface area contributed by atoms with E-state index in [0.717, 1.165) is 21.2 Å². The summed E-state index contributed by atoms with van der Waals surface area (Å²) in [7, 11) is 0. The van der Waals surface area contributed by atoms with Gasteiger partial charge in [0, 0.05) is 15.6 Å². The Hall–Kier alpha value is -2.47. The number of carbonyl (C=O) groups excluding carboxylic acids is 1. The molecule has 0 spiro atoms. The van der Waals surface area contributed by atoms with Crippen LogP contribution < -0.4 is 5.32 Å². The second-order valence-electron chi connectivity index (χ2n) is 5.52. The number of carbonyl (C=O) groups is 1. The van der Waals surface area contributed by atoms with Crippen LogP contribution in [-0.4, -0.2) is 16.0 Å². The zero-order chi connectivity index (χ0) is 17.1. The number of hydrogen-bond donors (Lipinski definition) is 1. The Kier molecular flexibility index (Phi) is 4.76. The van der Waals surface area contributed by atoms with Crippen LogP contribution in [0.4, 0.5) is 0 Å². The molecule has 0 aliphatic rings. The van der Waals surface area contributed by atoms with Crippen LogP contribution in [0, 0.1) is 13.8 Å². The third-order valence-electron chi connectivity index (χ3n) is 3.58. The second-order valence-corrected chi connectivity index (χ2v) is 6.44. The highest BCUT2D eigenvalue weighted by molar-refractivity contribution is 9.10. The van der Waals surface area contributed by atoms with E-state index in [1.54, 1.807) is 0 Å². The molecule has 6 heteroatoms. The van der Waals surface area contributed by atoms with Gasteiger partial charge in [-0.25, -0.2) is 0 Å². The van der Waals surface area contributed by atoms with E-state index >= 15 is 0 Å². The van der Waals surface area contributed by atoms with Crippen LogP contribution >= 0.6 is 15.9 Å². The summed E-state index contributed by atoms with van der Waals surface area (Å²) in [4.78, 5) is 16.6. The molecule has 0 unspecified atom stereocenters. The molecule has 1 N–H and O–H groups in total. The molecule has 0 radical (unpaired) electrons. The van der Waals surface area contributed by atoms with Gasteiger partial charge in [0.1, 0.15) is 0 Å². The summed E-state index contributed by atoms with van der Waals surface area (Å²) in [5.41, 5.74) is 3.56. The number of amides is 1. The van der Waals surface area contributed by atoms with Crippen LogP contribution in [-0.2, 0) is 6.54 Å². The lowest BCUT2D eigenvalue weighted by Gasteiger charge is -2.06. The van der Waals surface area contributed by atoms with Crippen LogP contribution in [0.2, 0.25) is 0 Å². The van der Waals surface area contributed by atoms with Crippen LogP contribution in [0.25, 0.3) is 11.4 Å². The first-order chi connectivity index (χ1) is 11.5. The molecule has 2 aromatic carbocycles. The molecule has 0 aliphatic heterocycles. The fourth-order valence-corrected chi connectivity index (χ4v) is 2.79. The third-order valence-corrected chi connectivity index (χ3v) is 4.07. The van der Waals surface area contributed by atoms with Gasteiger partial charge in [-0.05, 0) is 37.6 Å². The zero-order valence-corrected chi connectivity index (χ0v) is 14.9. The highest BCUT2D eigenvalue weighted by Gasteiger charge is 2.12. The van der Waals surface area contributed by atoms with Crippen molar-refractivity contribution in [3.8, 4) is 11.4 Å². The van der Waals surface area contributed by atoms with Crippen molar-refractivity contribution in [3.05, 3.63) is 69.5 Å². The minimum absolute atomic E-state index is 0.158. The monoisotopic (exact) mass is 385 g/mol. The quantitative estimate of drug-likeness (QED) is 0.735. The van der Waals surface area contributed by atoms with E-state index in [-0.39, 0.29) is 12.5 Å². The Labute approximate surface area is 148 Å². The maximum Gasteiger partial charge on any atom is 0.251 e. The van der Waals surface area contributed by atoms with Crippen molar-refractivity contribution < 1.29 is 9.32 Å². The first kappa shape index (κ1) is 16.4. The second kappa shape index (κ2) is 6.97. The normalized spacial score (nSPS) is 10.6. The molecule has 0 bridgehead atoms. The van der Waals surface area contributed by atoms with Crippen molar-refractivity contribution in [1.82, 2.24) is 15.5 Å². The summed E-state index contributed by atoms with van der Waals surface area (Å²) < 4.78 is 6.14. The molecule has 0 aliphatic carbocycles. The first-order valence-corrected chi connectivity index (χ1v) is 8.26. The molecule has 3 aromatic rings. The molecule has 0 fully saturated rings. The van der Waals surface area contributed by atoms with E-state index in [9.17, 15) is 4.79 Å². The minimum Gasteiger partial charge on any atom is -0.343 e. The van der Waals surface area contributed by atoms with E-state index in [1.165, 1.54) is 0 Å². The molecule has 0 saturated heterocycles. The number of nitrogens with one attached hydrogen (secondary N) is 1. The van der Waals surface area contributed by atoms with Gasteiger partial charge >= 0.3 is 0 Å². The summed E-state index contributed by atoms with van der Waals surface area (Å²) in [5, 5.41) is 6.76. The molecular weight excluding hydrogens is 370 g/mol. The minimum atomic E-state index is -0.158. The maximum absolute atomic E-state index is 12.3. The van der Waals surface area contributed by atoms with Crippen LogP contribution in [0.3, 0.4) is 0 Å². The van der Waals surface area contributed by atoms with Gasteiger partial charge in [0.2, 0.25) is 11.7 Å². The highest BCUT2D eigenvalue weighted by atomic mass is 79.9. The van der Waals surface area contributed by atoms with Crippen LogP contribution in [0.1, 0.15) is 27.4 Å². The summed E-state index contributed by atoms with van der Waals surface area (Å²) in [6.07, 6.45) is 0. The number of nitrogens with zero attached hydrogens (tertiary/aromatic N) is 2. The SMILES string of the molecule is Cc1ccc(C(=O)NCc2nc(-c3cccc(Br)c3)no2)c(C)c1. The van der Waals surface area contributed by atoms with E-state index in [2.05, 4.69) is 31.4 Å². The highest BCUT2D eigenvalue weighted by Crippen LogP contribution is 2.20. The van der Waals surface area contributed by atoms with Gasteiger partial charge in [0.05, 0.1) is 6.54 Å². The zero-order valence-electron chi connectivity index (χ0n) is 13.3. The molecule has 1 amide bonds. The number of halogens is 1. The fraction of sp³-hybridized carbons (Fsp3) is 0.167. The van der Waals surface area contributed by atoms with Crippen molar-refractivity contribution >= 4 is 21.8 Å². The lowest BCUT2D eigenvalue weighted by molar-refractivity contribution is 0.0945. The summed E-state index contributed by atoms with van der Waals surface area (Å²) >= 11 is 3.41. The van der Waals surface area contributed by atoms with Crippen LogP contribution in [0.15, 0.2) is 51.5 Å². The molecular formula is C18H16BrN3O2. The van der Waals surface area contributed by atoms with Crippen molar-refractivity contribution in [2.45, 2.75) is 20.4 Å². The summed E-state index contributed by atoms with van der Waals surface area (Å²) in [6, 6.07) is 13.3. The molecule has 24 heavy (non-hydrogen) atoms. The summed E-state index contributed by atoms with van der Waals surface area (Å²) in [6.45, 7) is 4.10. The van der Waals surface area contributed by atoms with E-state index in [0.29, 0.717) is 17.3 Å². The maximum atomic E-state index is 12.3. The van der Waals surface area contributed by atoms with Crippen molar-refractivity contribution in [1.29, 1.82) is 0 Å². The molecule has 122 valence electrons. The Balaban J connectivity index is 1.68. The van der Waals surface area contributed by atoms with Gasteiger partial charge in [0.25, 0.3) is 5.91 Å². The summed E-state index contributed by atoms with van der Waals surface area (Å²) in [5.74, 6) is 0.699. The Morgan fingerprint density at radius 2 is 2.04 bits per heavy atom. The Bertz CT molecular complexity index is 889. The fourth-order valence-electron chi connectivity index (χ4n) is 2.39. The largest absolute Gasteiger partial charge is 0.343 e. The molecule has 0 saturated carbocycles. The smallest absolute Gasteiger partial charge is 0.251 e.